The molecule has 1 rings (SSSR count). The molecule has 1 aromatic carbocycles. The van der Waals surface area contributed by atoms with E-state index in [1.54, 1.807) is 26.2 Å². The summed E-state index contributed by atoms with van der Waals surface area (Å²) in [6.45, 7) is 7.07. The van der Waals surface area contributed by atoms with Gasteiger partial charge in [-0.05, 0) is 30.0 Å². The largest absolute Gasteiger partial charge is 0.387 e. The van der Waals surface area contributed by atoms with Gasteiger partial charge in [0.25, 0.3) is 0 Å². The van der Waals surface area contributed by atoms with Crippen molar-refractivity contribution in [3.63, 3.8) is 0 Å². The van der Waals surface area contributed by atoms with Crippen molar-refractivity contribution >= 4 is 0 Å². The molecule has 0 aliphatic rings. The summed E-state index contributed by atoms with van der Waals surface area (Å²) in [6, 6.07) is 4.66. The first kappa shape index (κ1) is 16.1. The number of ether oxygens (including phenoxy) is 1. The molecule has 1 aromatic rings. The number of halogens is 1. The van der Waals surface area contributed by atoms with Gasteiger partial charge in [-0.15, -0.1) is 0 Å². The van der Waals surface area contributed by atoms with E-state index in [1.807, 2.05) is 13.8 Å². The summed E-state index contributed by atoms with van der Waals surface area (Å²) in [5, 5.41) is 13.7. The second-order valence-electron chi connectivity index (χ2n) is 5.17. The molecule has 0 aliphatic carbocycles. The van der Waals surface area contributed by atoms with Crippen molar-refractivity contribution in [3.05, 3.63) is 35.1 Å². The van der Waals surface area contributed by atoms with Gasteiger partial charge in [0.2, 0.25) is 0 Å². The van der Waals surface area contributed by atoms with Gasteiger partial charge >= 0.3 is 0 Å². The van der Waals surface area contributed by atoms with E-state index in [4.69, 9.17) is 4.74 Å². The first-order valence-corrected chi connectivity index (χ1v) is 6.63. The van der Waals surface area contributed by atoms with Crippen LogP contribution in [0.15, 0.2) is 18.2 Å². The molecule has 0 aromatic heterocycles. The quantitative estimate of drug-likeness (QED) is 0.747. The molecule has 0 spiro atoms. The summed E-state index contributed by atoms with van der Waals surface area (Å²) < 4.78 is 18.3. The van der Waals surface area contributed by atoms with E-state index in [1.165, 1.54) is 6.07 Å². The summed E-state index contributed by atoms with van der Waals surface area (Å²) >= 11 is 0. The molecule has 4 heteroatoms. The molecule has 0 bridgehead atoms. The molecule has 0 saturated heterocycles. The molecule has 2 unspecified atom stereocenters. The lowest BCUT2D eigenvalue weighted by atomic mass is 9.92. The van der Waals surface area contributed by atoms with Crippen molar-refractivity contribution in [1.82, 2.24) is 5.32 Å². The highest BCUT2D eigenvalue weighted by atomic mass is 19.1. The Balaban J connectivity index is 2.80. The van der Waals surface area contributed by atoms with Crippen LogP contribution >= 0.6 is 0 Å². The minimum atomic E-state index is -0.656. The van der Waals surface area contributed by atoms with E-state index < -0.39 is 6.10 Å². The third kappa shape index (κ3) is 4.56. The highest BCUT2D eigenvalue weighted by Crippen LogP contribution is 2.23. The van der Waals surface area contributed by atoms with Gasteiger partial charge < -0.3 is 15.2 Å². The predicted octanol–water partition coefficient (Wildman–Crippen LogP) is 2.43. The molecule has 2 N–H and O–H groups in total. The Hall–Kier alpha value is -0.970. The highest BCUT2D eigenvalue weighted by molar-refractivity contribution is 5.26. The maximum Gasteiger partial charge on any atom is 0.126 e. The fraction of sp³-hybridized carbons (Fsp3) is 0.600. The van der Waals surface area contributed by atoms with Crippen LogP contribution in [0.3, 0.4) is 0 Å². The van der Waals surface area contributed by atoms with Crippen LogP contribution in [0.2, 0.25) is 0 Å². The third-order valence-electron chi connectivity index (χ3n) is 3.27. The first-order chi connectivity index (χ1) is 8.97. The number of hydrogen-bond donors (Lipinski definition) is 2. The maximum absolute atomic E-state index is 13.3. The average molecular weight is 269 g/mol. The van der Waals surface area contributed by atoms with E-state index in [0.717, 1.165) is 5.56 Å². The van der Waals surface area contributed by atoms with Crippen molar-refractivity contribution in [2.75, 3.05) is 20.3 Å². The van der Waals surface area contributed by atoms with Crippen LogP contribution in [0, 0.1) is 18.7 Å². The predicted molar refractivity (Wildman–Crippen MR) is 74.6 cm³/mol. The van der Waals surface area contributed by atoms with Crippen LogP contribution in [-0.2, 0) is 4.74 Å². The lowest BCUT2D eigenvalue weighted by molar-refractivity contribution is 0.0977. The standard InChI is InChI=1S/C15H24FNO2/c1-10(2)14(17-7-8-19-4)15(18)12-5-6-13(16)11(3)9-12/h5-6,9-10,14-15,17-18H,7-8H2,1-4H3. The van der Waals surface area contributed by atoms with Crippen molar-refractivity contribution in [2.45, 2.75) is 32.9 Å². The molecule has 0 amide bonds. The fourth-order valence-corrected chi connectivity index (χ4v) is 2.10. The number of hydrogen-bond acceptors (Lipinski definition) is 3. The zero-order valence-electron chi connectivity index (χ0n) is 12.1. The Labute approximate surface area is 114 Å². The topological polar surface area (TPSA) is 41.5 Å². The number of aryl methyl sites for hydroxylation is 1. The van der Waals surface area contributed by atoms with E-state index in [0.29, 0.717) is 18.7 Å². The van der Waals surface area contributed by atoms with E-state index in [2.05, 4.69) is 5.32 Å². The Morgan fingerprint density at radius 3 is 2.58 bits per heavy atom. The van der Waals surface area contributed by atoms with E-state index in [-0.39, 0.29) is 17.8 Å². The van der Waals surface area contributed by atoms with Crippen LogP contribution in [0.4, 0.5) is 4.39 Å². The SMILES string of the molecule is COCCNC(C(C)C)C(O)c1ccc(F)c(C)c1. The Morgan fingerprint density at radius 1 is 1.37 bits per heavy atom. The molecule has 0 heterocycles. The normalized spacial score (nSPS) is 14.7. The number of benzene rings is 1. The Kier molecular flexibility index (Phi) is 6.42. The van der Waals surface area contributed by atoms with Gasteiger partial charge in [-0.1, -0.05) is 26.0 Å². The van der Waals surface area contributed by atoms with Crippen molar-refractivity contribution in [3.8, 4) is 0 Å². The molecule has 0 saturated carbocycles. The zero-order valence-corrected chi connectivity index (χ0v) is 12.1. The van der Waals surface area contributed by atoms with Crippen LogP contribution in [-0.4, -0.2) is 31.4 Å². The van der Waals surface area contributed by atoms with Crippen LogP contribution < -0.4 is 5.32 Å². The lowest BCUT2D eigenvalue weighted by Crippen LogP contribution is -2.40. The maximum atomic E-state index is 13.3. The minimum Gasteiger partial charge on any atom is -0.387 e. The zero-order chi connectivity index (χ0) is 14.4. The number of aliphatic hydroxyl groups excluding tert-OH is 1. The first-order valence-electron chi connectivity index (χ1n) is 6.63. The second kappa shape index (κ2) is 7.58. The number of nitrogens with one attached hydrogen (secondary N) is 1. The van der Waals surface area contributed by atoms with E-state index in [9.17, 15) is 9.50 Å². The molecular formula is C15H24FNO2. The Morgan fingerprint density at radius 2 is 2.05 bits per heavy atom. The van der Waals surface area contributed by atoms with Gasteiger partial charge in [0, 0.05) is 19.7 Å². The molecule has 2 atom stereocenters. The van der Waals surface area contributed by atoms with Crippen molar-refractivity contribution < 1.29 is 14.2 Å². The Bertz CT molecular complexity index is 396. The fourth-order valence-electron chi connectivity index (χ4n) is 2.10. The third-order valence-corrected chi connectivity index (χ3v) is 3.27. The summed E-state index contributed by atoms with van der Waals surface area (Å²) in [7, 11) is 1.64. The summed E-state index contributed by atoms with van der Waals surface area (Å²) in [5.74, 6) is 0.0154. The smallest absolute Gasteiger partial charge is 0.126 e. The highest BCUT2D eigenvalue weighted by Gasteiger charge is 2.23. The van der Waals surface area contributed by atoms with Crippen molar-refractivity contribution in [1.29, 1.82) is 0 Å². The number of aliphatic hydroxyl groups is 1. The monoisotopic (exact) mass is 269 g/mol. The number of rotatable bonds is 7. The molecular weight excluding hydrogens is 245 g/mol. The minimum absolute atomic E-state index is 0.0833. The molecule has 3 nitrogen and oxygen atoms in total. The number of methoxy groups -OCH3 is 1. The average Bonchev–Trinajstić information content (AvgIpc) is 2.37. The second-order valence-corrected chi connectivity index (χ2v) is 5.17. The van der Waals surface area contributed by atoms with Crippen LogP contribution in [0.1, 0.15) is 31.1 Å². The molecule has 108 valence electrons. The van der Waals surface area contributed by atoms with Gasteiger partial charge in [0.15, 0.2) is 0 Å². The van der Waals surface area contributed by atoms with Crippen LogP contribution in [0.5, 0.6) is 0 Å². The molecule has 0 radical (unpaired) electrons. The van der Waals surface area contributed by atoms with Crippen molar-refractivity contribution in [2.24, 2.45) is 5.92 Å². The molecule has 0 aliphatic heterocycles. The van der Waals surface area contributed by atoms with Gasteiger partial charge in [-0.25, -0.2) is 4.39 Å². The van der Waals surface area contributed by atoms with Crippen LogP contribution in [0.25, 0.3) is 0 Å². The van der Waals surface area contributed by atoms with Gasteiger partial charge in [-0.3, -0.25) is 0 Å². The summed E-state index contributed by atoms with van der Waals surface area (Å²) in [4.78, 5) is 0. The summed E-state index contributed by atoms with van der Waals surface area (Å²) in [5.41, 5.74) is 1.29. The lowest BCUT2D eigenvalue weighted by Gasteiger charge is -2.28. The summed E-state index contributed by atoms with van der Waals surface area (Å²) in [6.07, 6.45) is -0.656. The van der Waals surface area contributed by atoms with Gasteiger partial charge in [0.05, 0.1) is 12.7 Å². The van der Waals surface area contributed by atoms with Gasteiger partial charge in [0.1, 0.15) is 5.82 Å². The van der Waals surface area contributed by atoms with E-state index >= 15 is 0 Å². The van der Waals surface area contributed by atoms with Gasteiger partial charge in [-0.2, -0.15) is 0 Å². The molecule has 0 fully saturated rings. The molecule has 19 heavy (non-hydrogen) atoms.